The molecule has 1 saturated heterocycles. The van der Waals surface area contributed by atoms with Crippen LogP contribution in [0.5, 0.6) is 0 Å². The van der Waals surface area contributed by atoms with E-state index < -0.39 is 4.92 Å². The summed E-state index contributed by atoms with van der Waals surface area (Å²) in [5, 5.41) is 15.4. The van der Waals surface area contributed by atoms with E-state index in [9.17, 15) is 14.9 Å². The molecule has 0 bridgehead atoms. The van der Waals surface area contributed by atoms with Gasteiger partial charge < -0.3 is 5.32 Å². The molecule has 1 N–H and O–H groups in total. The van der Waals surface area contributed by atoms with Crippen LogP contribution in [0.15, 0.2) is 92.7 Å². The molecular weight excluding hydrogens is 420 g/mol. The highest BCUT2D eigenvalue weighted by atomic mass is 32.2. The zero-order valence-electron chi connectivity index (χ0n) is 15.4. The first-order valence-electron chi connectivity index (χ1n) is 8.80. The summed E-state index contributed by atoms with van der Waals surface area (Å²) in [5.74, 6) is -0.288. The molecule has 0 spiro atoms. The van der Waals surface area contributed by atoms with Gasteiger partial charge in [0, 0.05) is 12.3 Å². The first-order chi connectivity index (χ1) is 14.6. The van der Waals surface area contributed by atoms with Gasteiger partial charge in [0.1, 0.15) is 5.03 Å². The number of carbonyl (C=O) groups is 1. The number of thioether (sulfide) groups is 1. The standard InChI is InChI=1S/C21H14N4O3S2/c26-20-18(30-21(24-20)23-15-6-2-1-3-7-15)13-14-9-10-17(16(12-14)25(27)28)29-19-8-4-5-11-22-19/h1-13H,(H,23,24,26)/b18-13-. The van der Waals surface area contributed by atoms with E-state index in [2.05, 4.69) is 15.3 Å². The van der Waals surface area contributed by atoms with Gasteiger partial charge in [-0.15, -0.1) is 0 Å². The Labute approximate surface area is 180 Å². The smallest absolute Gasteiger partial charge is 0.283 e. The molecule has 3 aromatic rings. The van der Waals surface area contributed by atoms with Gasteiger partial charge in [0.25, 0.3) is 11.6 Å². The van der Waals surface area contributed by atoms with Crippen LogP contribution in [0.4, 0.5) is 11.4 Å². The molecule has 0 saturated carbocycles. The van der Waals surface area contributed by atoms with Crippen molar-refractivity contribution in [2.45, 2.75) is 9.92 Å². The average Bonchev–Trinajstić information content (AvgIpc) is 3.09. The molecule has 0 unspecified atom stereocenters. The highest BCUT2D eigenvalue weighted by molar-refractivity contribution is 8.18. The number of hydrogen-bond donors (Lipinski definition) is 1. The first-order valence-corrected chi connectivity index (χ1v) is 10.4. The fraction of sp³-hybridized carbons (Fsp3) is 0. The van der Waals surface area contributed by atoms with Gasteiger partial charge in [-0.3, -0.25) is 14.9 Å². The number of pyridine rings is 1. The lowest BCUT2D eigenvalue weighted by Crippen LogP contribution is -2.19. The summed E-state index contributed by atoms with van der Waals surface area (Å²) in [7, 11) is 0. The third-order valence-electron chi connectivity index (χ3n) is 3.97. The molecule has 4 rings (SSSR count). The number of amidine groups is 1. The molecule has 1 amide bonds. The van der Waals surface area contributed by atoms with Gasteiger partial charge in [0.2, 0.25) is 0 Å². The number of nitro benzene ring substituents is 1. The summed E-state index contributed by atoms with van der Waals surface area (Å²) in [6, 6.07) is 19.5. The third kappa shape index (κ3) is 4.76. The van der Waals surface area contributed by atoms with E-state index in [0.29, 0.717) is 25.6 Å². The van der Waals surface area contributed by atoms with Gasteiger partial charge in [0.15, 0.2) is 5.17 Å². The van der Waals surface area contributed by atoms with Crippen molar-refractivity contribution in [3.8, 4) is 0 Å². The number of aliphatic imine (C=N–C) groups is 1. The van der Waals surface area contributed by atoms with E-state index >= 15 is 0 Å². The maximum Gasteiger partial charge on any atom is 0.283 e. The minimum Gasteiger partial charge on any atom is -0.300 e. The van der Waals surface area contributed by atoms with Crippen LogP contribution in [0.2, 0.25) is 0 Å². The van der Waals surface area contributed by atoms with Crippen LogP contribution in [0.3, 0.4) is 0 Å². The minimum atomic E-state index is -0.433. The Morgan fingerprint density at radius 2 is 1.90 bits per heavy atom. The van der Waals surface area contributed by atoms with Gasteiger partial charge in [-0.25, -0.2) is 9.98 Å². The molecule has 7 nitrogen and oxygen atoms in total. The van der Waals surface area contributed by atoms with Crippen molar-refractivity contribution in [1.82, 2.24) is 10.3 Å². The van der Waals surface area contributed by atoms with E-state index in [1.165, 1.54) is 29.6 Å². The molecule has 0 radical (unpaired) electrons. The van der Waals surface area contributed by atoms with E-state index in [0.717, 1.165) is 5.69 Å². The molecule has 0 atom stereocenters. The summed E-state index contributed by atoms with van der Waals surface area (Å²) in [6.45, 7) is 0. The summed E-state index contributed by atoms with van der Waals surface area (Å²) >= 11 is 2.41. The van der Waals surface area contributed by atoms with Crippen LogP contribution in [0, 0.1) is 10.1 Å². The monoisotopic (exact) mass is 434 g/mol. The van der Waals surface area contributed by atoms with Crippen molar-refractivity contribution in [3.05, 3.63) is 93.5 Å². The molecule has 148 valence electrons. The predicted octanol–water partition coefficient (Wildman–Crippen LogP) is 5.03. The lowest BCUT2D eigenvalue weighted by Gasteiger charge is -2.04. The van der Waals surface area contributed by atoms with Crippen LogP contribution in [-0.4, -0.2) is 21.0 Å². The average molecular weight is 435 g/mol. The molecule has 9 heteroatoms. The van der Waals surface area contributed by atoms with Gasteiger partial charge in [-0.2, -0.15) is 0 Å². The fourth-order valence-corrected chi connectivity index (χ4v) is 4.33. The molecule has 1 aromatic heterocycles. The second-order valence-corrected chi connectivity index (χ2v) is 8.16. The van der Waals surface area contributed by atoms with Crippen molar-refractivity contribution in [1.29, 1.82) is 0 Å². The van der Waals surface area contributed by atoms with Gasteiger partial charge >= 0.3 is 0 Å². The van der Waals surface area contributed by atoms with Crippen LogP contribution in [-0.2, 0) is 4.79 Å². The topological polar surface area (TPSA) is 97.5 Å². The number of nitro groups is 1. The number of hydrogen-bond acceptors (Lipinski definition) is 7. The lowest BCUT2D eigenvalue weighted by molar-refractivity contribution is -0.387. The second kappa shape index (κ2) is 8.93. The molecule has 2 heterocycles. The predicted molar refractivity (Wildman–Crippen MR) is 119 cm³/mol. The van der Waals surface area contributed by atoms with Crippen LogP contribution < -0.4 is 5.32 Å². The SMILES string of the molecule is O=C1NC(=Nc2ccccc2)S/C1=C\c1ccc(Sc2ccccn2)c([N+](=O)[O-])c1. The Morgan fingerprint density at radius 3 is 2.63 bits per heavy atom. The normalized spacial score (nSPS) is 16.1. The Morgan fingerprint density at radius 1 is 1.10 bits per heavy atom. The number of amides is 1. The molecule has 1 fully saturated rings. The van der Waals surface area contributed by atoms with Crippen molar-refractivity contribution in [2.24, 2.45) is 4.99 Å². The van der Waals surface area contributed by atoms with Crippen LogP contribution >= 0.6 is 23.5 Å². The highest BCUT2D eigenvalue weighted by Crippen LogP contribution is 2.35. The Hall–Kier alpha value is -3.43. The van der Waals surface area contributed by atoms with Crippen molar-refractivity contribution >= 4 is 52.0 Å². The Kier molecular flexibility index (Phi) is 5.92. The largest absolute Gasteiger partial charge is 0.300 e. The zero-order chi connectivity index (χ0) is 20.9. The number of carbonyl (C=O) groups excluding carboxylic acids is 1. The molecular formula is C21H14N4O3S2. The molecule has 1 aliphatic rings. The summed E-state index contributed by atoms with van der Waals surface area (Å²) < 4.78 is 0. The first kappa shape index (κ1) is 19.9. The van der Waals surface area contributed by atoms with Crippen molar-refractivity contribution in [2.75, 3.05) is 0 Å². The fourth-order valence-electron chi connectivity index (χ4n) is 2.62. The number of nitrogens with zero attached hydrogens (tertiary/aromatic N) is 3. The Balaban J connectivity index is 1.59. The number of aromatic nitrogens is 1. The van der Waals surface area contributed by atoms with Crippen molar-refractivity contribution in [3.63, 3.8) is 0 Å². The van der Waals surface area contributed by atoms with Gasteiger partial charge in [-0.05, 0) is 53.7 Å². The maximum atomic E-state index is 12.3. The molecule has 1 aliphatic heterocycles. The van der Waals surface area contributed by atoms with Crippen LogP contribution in [0.1, 0.15) is 5.56 Å². The van der Waals surface area contributed by atoms with Gasteiger partial charge in [0.05, 0.1) is 20.4 Å². The summed E-state index contributed by atoms with van der Waals surface area (Å²) in [6.07, 6.45) is 3.26. The van der Waals surface area contributed by atoms with E-state index in [-0.39, 0.29) is 11.6 Å². The quantitative estimate of drug-likeness (QED) is 0.343. The van der Waals surface area contributed by atoms with Gasteiger partial charge in [-0.1, -0.05) is 42.1 Å². The minimum absolute atomic E-state index is 0.0402. The third-order valence-corrected chi connectivity index (χ3v) is 5.89. The summed E-state index contributed by atoms with van der Waals surface area (Å²) in [5.41, 5.74) is 1.25. The lowest BCUT2D eigenvalue weighted by atomic mass is 10.2. The van der Waals surface area contributed by atoms with E-state index in [1.54, 1.807) is 36.5 Å². The Bertz CT molecular complexity index is 1170. The number of para-hydroxylation sites is 1. The maximum absolute atomic E-state index is 12.3. The molecule has 30 heavy (non-hydrogen) atoms. The van der Waals surface area contributed by atoms with E-state index in [1.807, 2.05) is 36.4 Å². The number of nitrogens with one attached hydrogen (secondary N) is 1. The zero-order valence-corrected chi connectivity index (χ0v) is 17.0. The highest BCUT2D eigenvalue weighted by Gasteiger charge is 2.24. The molecule has 0 aliphatic carbocycles. The molecule has 2 aromatic carbocycles. The summed E-state index contributed by atoms with van der Waals surface area (Å²) in [4.78, 5) is 32.9. The number of rotatable bonds is 5. The van der Waals surface area contributed by atoms with Crippen LogP contribution in [0.25, 0.3) is 6.08 Å². The van der Waals surface area contributed by atoms with Crippen molar-refractivity contribution < 1.29 is 9.72 Å². The van der Waals surface area contributed by atoms with E-state index in [4.69, 9.17) is 0 Å². The second-order valence-electron chi connectivity index (χ2n) is 6.07. The number of benzene rings is 2.